The van der Waals surface area contributed by atoms with E-state index in [0.717, 1.165) is 10.0 Å². The molecule has 0 aliphatic carbocycles. The van der Waals surface area contributed by atoms with E-state index in [1.807, 2.05) is 24.3 Å². The Morgan fingerprint density at radius 2 is 1.80 bits per heavy atom. The van der Waals surface area contributed by atoms with Crippen LogP contribution in [0.5, 0.6) is 0 Å². The van der Waals surface area contributed by atoms with Gasteiger partial charge in [-0.15, -0.1) is 0 Å². The Bertz CT molecular complexity index is 1050. The van der Waals surface area contributed by atoms with E-state index in [4.69, 9.17) is 4.74 Å². The summed E-state index contributed by atoms with van der Waals surface area (Å²) in [5, 5.41) is 2.92. The molecule has 0 saturated carbocycles. The summed E-state index contributed by atoms with van der Waals surface area (Å²) in [6.07, 6.45) is 0. The number of hydrogen-bond acceptors (Lipinski definition) is 4. The quantitative estimate of drug-likeness (QED) is 0.693. The molecule has 30 heavy (non-hydrogen) atoms. The molecule has 3 amide bonds. The number of urea groups is 1. The number of rotatable bonds is 4. The van der Waals surface area contributed by atoms with Gasteiger partial charge in [-0.1, -0.05) is 28.1 Å². The molecule has 7 nitrogen and oxygen atoms in total. The van der Waals surface area contributed by atoms with Crippen molar-refractivity contribution < 1.29 is 19.1 Å². The fourth-order valence-electron chi connectivity index (χ4n) is 3.67. The largest absolute Gasteiger partial charge is 0.462 e. The van der Waals surface area contributed by atoms with E-state index in [1.54, 1.807) is 43.1 Å². The van der Waals surface area contributed by atoms with Crippen molar-refractivity contribution in [2.24, 2.45) is 0 Å². The molecular weight excluding hydrogens is 450 g/mol. The maximum atomic E-state index is 13.4. The summed E-state index contributed by atoms with van der Waals surface area (Å²) in [5.74, 6) is -0.576. The third kappa shape index (κ3) is 3.47. The first-order valence-corrected chi connectivity index (χ1v) is 10.3. The summed E-state index contributed by atoms with van der Waals surface area (Å²) < 4.78 is 5.92. The Labute approximate surface area is 182 Å². The molecule has 2 aromatic rings. The number of carbonyl (C=O) groups excluding carboxylic acids is 3. The fourth-order valence-corrected chi connectivity index (χ4v) is 3.94. The zero-order valence-electron chi connectivity index (χ0n) is 16.5. The fraction of sp³-hybridized carbons (Fsp3) is 0.227. The van der Waals surface area contributed by atoms with E-state index in [9.17, 15) is 14.4 Å². The highest BCUT2D eigenvalue weighted by Crippen LogP contribution is 2.37. The molecule has 0 fully saturated rings. The van der Waals surface area contributed by atoms with E-state index < -0.39 is 12.0 Å². The Morgan fingerprint density at radius 3 is 2.43 bits per heavy atom. The number of nitrogens with one attached hydrogen (secondary N) is 1. The molecule has 1 atom stereocenters. The van der Waals surface area contributed by atoms with Crippen LogP contribution in [-0.2, 0) is 9.53 Å². The van der Waals surface area contributed by atoms with Crippen LogP contribution in [-0.4, -0.2) is 43.0 Å². The van der Waals surface area contributed by atoms with Gasteiger partial charge >= 0.3 is 12.0 Å². The van der Waals surface area contributed by atoms with Gasteiger partial charge in [0.1, 0.15) is 0 Å². The number of benzene rings is 2. The van der Waals surface area contributed by atoms with Gasteiger partial charge in [-0.25, -0.2) is 9.59 Å². The van der Waals surface area contributed by atoms with Gasteiger partial charge in [0, 0.05) is 17.2 Å². The molecule has 0 spiro atoms. The molecule has 2 aliphatic rings. The minimum absolute atomic E-state index is 0.173. The second-order valence-corrected chi connectivity index (χ2v) is 7.93. The Balaban J connectivity index is 1.65. The molecule has 2 aliphatic heterocycles. The molecule has 4 rings (SSSR count). The third-order valence-corrected chi connectivity index (χ3v) is 5.78. The van der Waals surface area contributed by atoms with Crippen molar-refractivity contribution in [3.8, 4) is 0 Å². The number of nitrogens with zero attached hydrogens (tertiary/aromatic N) is 2. The molecule has 0 saturated heterocycles. The van der Waals surface area contributed by atoms with Crippen LogP contribution in [0.4, 0.5) is 10.5 Å². The second-order valence-electron chi connectivity index (χ2n) is 7.01. The summed E-state index contributed by atoms with van der Waals surface area (Å²) in [5.41, 5.74) is 3.13. The predicted molar refractivity (Wildman–Crippen MR) is 115 cm³/mol. The van der Waals surface area contributed by atoms with Crippen molar-refractivity contribution in [1.82, 2.24) is 10.2 Å². The Kier molecular flexibility index (Phi) is 5.34. The zero-order valence-corrected chi connectivity index (χ0v) is 18.1. The van der Waals surface area contributed by atoms with E-state index in [1.165, 1.54) is 4.90 Å². The van der Waals surface area contributed by atoms with Gasteiger partial charge in [0.25, 0.3) is 5.91 Å². The van der Waals surface area contributed by atoms with Gasteiger partial charge < -0.3 is 15.0 Å². The van der Waals surface area contributed by atoms with Crippen LogP contribution in [0.2, 0.25) is 0 Å². The van der Waals surface area contributed by atoms with E-state index >= 15 is 0 Å². The highest BCUT2D eigenvalue weighted by Gasteiger charge is 2.43. The van der Waals surface area contributed by atoms with E-state index in [-0.39, 0.29) is 18.5 Å². The number of ether oxygens (including phenoxy) is 1. The molecule has 0 bridgehead atoms. The van der Waals surface area contributed by atoms with E-state index in [2.05, 4.69) is 21.2 Å². The molecular formula is C22H20BrN3O4. The van der Waals surface area contributed by atoms with Crippen molar-refractivity contribution >= 4 is 39.5 Å². The van der Waals surface area contributed by atoms with Crippen molar-refractivity contribution in [2.75, 3.05) is 25.1 Å². The summed E-state index contributed by atoms with van der Waals surface area (Å²) >= 11 is 3.41. The first kappa shape index (κ1) is 20.2. The Morgan fingerprint density at radius 1 is 1.13 bits per heavy atom. The predicted octanol–water partition coefficient (Wildman–Crippen LogP) is 3.62. The van der Waals surface area contributed by atoms with Crippen LogP contribution in [0.25, 0.3) is 0 Å². The zero-order chi connectivity index (χ0) is 21.4. The average molecular weight is 470 g/mol. The number of esters is 1. The van der Waals surface area contributed by atoms with Crippen LogP contribution in [0.15, 0.2) is 64.3 Å². The topological polar surface area (TPSA) is 79.0 Å². The van der Waals surface area contributed by atoms with Crippen LogP contribution < -0.4 is 10.2 Å². The molecule has 0 unspecified atom stereocenters. The lowest BCUT2D eigenvalue weighted by Crippen LogP contribution is -2.45. The minimum Gasteiger partial charge on any atom is -0.462 e. The van der Waals surface area contributed by atoms with E-state index in [0.29, 0.717) is 29.1 Å². The number of carbonyl (C=O) groups is 3. The smallest absolute Gasteiger partial charge is 0.338 e. The number of amides is 3. The van der Waals surface area contributed by atoms with Crippen molar-refractivity contribution in [1.29, 1.82) is 0 Å². The maximum absolute atomic E-state index is 13.4. The maximum Gasteiger partial charge on any atom is 0.338 e. The van der Waals surface area contributed by atoms with Gasteiger partial charge in [0.2, 0.25) is 0 Å². The first-order chi connectivity index (χ1) is 14.4. The van der Waals surface area contributed by atoms with Crippen molar-refractivity contribution in [2.45, 2.75) is 13.0 Å². The monoisotopic (exact) mass is 469 g/mol. The molecule has 2 heterocycles. The minimum atomic E-state index is -0.520. The van der Waals surface area contributed by atoms with Gasteiger partial charge in [-0.05, 0) is 48.9 Å². The van der Waals surface area contributed by atoms with Crippen LogP contribution >= 0.6 is 15.9 Å². The van der Waals surface area contributed by atoms with Crippen molar-refractivity contribution in [3.63, 3.8) is 0 Å². The summed E-state index contributed by atoms with van der Waals surface area (Å²) in [4.78, 5) is 40.8. The number of likely N-dealkylation sites (N-methyl/N-ethyl adjacent to an activating group) is 1. The van der Waals surface area contributed by atoms with Gasteiger partial charge in [0.05, 0.1) is 36.0 Å². The average Bonchev–Trinajstić information content (AvgIpc) is 3.09. The lowest BCUT2D eigenvalue weighted by Gasteiger charge is -2.31. The standard InChI is InChI=1S/C22H20BrN3O4/c1-3-30-21(28)14-6-10-16(11-7-14)26-12-17-18(20(26)27)19(24-22(29)25(17)2)13-4-8-15(23)9-5-13/h4-11,19H,3,12H2,1-2H3,(H,24,29)/t19-/m1/s1. The van der Waals surface area contributed by atoms with Crippen LogP contribution in [0.1, 0.15) is 28.9 Å². The Hall–Kier alpha value is -3.13. The number of hydrogen-bond donors (Lipinski definition) is 1. The second kappa shape index (κ2) is 7.95. The van der Waals surface area contributed by atoms with Crippen molar-refractivity contribution in [3.05, 3.63) is 75.4 Å². The normalized spacial score (nSPS) is 18.4. The van der Waals surface area contributed by atoms with Crippen LogP contribution in [0, 0.1) is 0 Å². The van der Waals surface area contributed by atoms with Gasteiger partial charge in [-0.3, -0.25) is 9.69 Å². The van der Waals surface area contributed by atoms with Crippen LogP contribution in [0.3, 0.4) is 0 Å². The highest BCUT2D eigenvalue weighted by atomic mass is 79.9. The summed E-state index contributed by atoms with van der Waals surface area (Å²) in [7, 11) is 1.66. The first-order valence-electron chi connectivity index (χ1n) is 9.52. The highest BCUT2D eigenvalue weighted by molar-refractivity contribution is 9.10. The third-order valence-electron chi connectivity index (χ3n) is 5.25. The molecule has 2 aromatic carbocycles. The van der Waals surface area contributed by atoms with Gasteiger partial charge in [-0.2, -0.15) is 0 Å². The lowest BCUT2D eigenvalue weighted by molar-refractivity contribution is -0.114. The van der Waals surface area contributed by atoms with Gasteiger partial charge in [0.15, 0.2) is 0 Å². The SMILES string of the molecule is CCOC(=O)c1ccc(N2CC3=C(C2=O)[C@@H](c2ccc(Br)cc2)NC(=O)N3C)cc1. The molecule has 0 aromatic heterocycles. The molecule has 1 N–H and O–H groups in total. The lowest BCUT2D eigenvalue weighted by atomic mass is 9.96. The summed E-state index contributed by atoms with van der Waals surface area (Å²) in [6.45, 7) is 2.33. The summed E-state index contributed by atoms with van der Waals surface area (Å²) in [6, 6.07) is 13.5. The molecule has 154 valence electrons. The number of anilines is 1. The molecule has 8 heteroatoms. The molecule has 0 radical (unpaired) electrons. The number of halogens is 1.